The van der Waals surface area contributed by atoms with E-state index in [1.54, 1.807) is 0 Å². The van der Waals surface area contributed by atoms with Crippen molar-refractivity contribution in [2.45, 2.75) is 32.9 Å². The van der Waals surface area contributed by atoms with E-state index in [0.29, 0.717) is 12.5 Å². The quantitative estimate of drug-likeness (QED) is 0.602. The molecule has 140 valence electrons. The predicted octanol–water partition coefficient (Wildman–Crippen LogP) is 5.11. The summed E-state index contributed by atoms with van der Waals surface area (Å²) in [5, 5.41) is 7.60. The smallest absolute Gasteiger partial charge is 0.120 e. The van der Waals surface area contributed by atoms with Gasteiger partial charge in [-0.05, 0) is 47.2 Å². The fraction of sp³-hybridized carbons (Fsp3) is 0.429. The van der Waals surface area contributed by atoms with Crippen molar-refractivity contribution in [1.29, 1.82) is 0 Å². The molecule has 0 aromatic heterocycles. The summed E-state index contributed by atoms with van der Waals surface area (Å²) in [6.45, 7) is 9.13. The number of benzene rings is 2. The maximum atomic E-state index is 6.09. The molecule has 1 saturated heterocycles. The molecule has 0 aliphatic carbocycles. The van der Waals surface area contributed by atoms with Gasteiger partial charge in [0.1, 0.15) is 12.4 Å². The molecule has 1 aliphatic heterocycles. The zero-order chi connectivity index (χ0) is 18.5. The summed E-state index contributed by atoms with van der Waals surface area (Å²) < 4.78 is 7.07. The Kier molecular flexibility index (Phi) is 6.98. The fourth-order valence-electron chi connectivity index (χ4n) is 2.92. The summed E-state index contributed by atoms with van der Waals surface area (Å²) in [7, 11) is 0. The van der Waals surface area contributed by atoms with E-state index in [0.717, 1.165) is 52.9 Å². The van der Waals surface area contributed by atoms with E-state index in [9.17, 15) is 0 Å². The molecule has 2 aromatic rings. The van der Waals surface area contributed by atoms with Crippen LogP contribution in [0.25, 0.3) is 0 Å². The van der Waals surface area contributed by atoms with Crippen LogP contribution in [-0.4, -0.2) is 19.6 Å². The van der Waals surface area contributed by atoms with Gasteiger partial charge < -0.3 is 15.4 Å². The number of hydrogen-bond acceptors (Lipinski definition) is 3. The summed E-state index contributed by atoms with van der Waals surface area (Å²) in [5.74, 6) is 2.15. The second kappa shape index (κ2) is 9.23. The lowest BCUT2D eigenvalue weighted by atomic mass is 10.00. The summed E-state index contributed by atoms with van der Waals surface area (Å²) in [6, 6.07) is 12.3. The summed E-state index contributed by atoms with van der Waals surface area (Å²) in [6.07, 6.45) is 0. The van der Waals surface area contributed by atoms with Crippen LogP contribution in [0.2, 0.25) is 5.02 Å². The lowest BCUT2D eigenvalue weighted by molar-refractivity contribution is 0.304. The molecule has 0 atom stereocenters. The van der Waals surface area contributed by atoms with Gasteiger partial charge in [0, 0.05) is 41.2 Å². The van der Waals surface area contributed by atoms with Crippen molar-refractivity contribution in [2.75, 3.05) is 19.6 Å². The van der Waals surface area contributed by atoms with Gasteiger partial charge >= 0.3 is 0 Å². The van der Waals surface area contributed by atoms with Crippen molar-refractivity contribution in [3.8, 4) is 5.75 Å². The van der Waals surface area contributed by atoms with Crippen LogP contribution in [0, 0.1) is 5.92 Å². The Bertz CT molecular complexity index is 747. The van der Waals surface area contributed by atoms with Crippen molar-refractivity contribution in [3.63, 3.8) is 0 Å². The summed E-state index contributed by atoms with van der Waals surface area (Å²) in [5.41, 5.74) is 3.66. The van der Waals surface area contributed by atoms with Crippen LogP contribution < -0.4 is 15.4 Å². The first kappa shape index (κ1) is 19.7. The highest BCUT2D eigenvalue weighted by Crippen LogP contribution is 2.26. The van der Waals surface area contributed by atoms with Crippen LogP contribution in [0.5, 0.6) is 5.75 Å². The molecule has 0 bridgehead atoms. The molecule has 1 fully saturated rings. The van der Waals surface area contributed by atoms with Gasteiger partial charge in [0.25, 0.3) is 0 Å². The lowest BCUT2D eigenvalue weighted by Crippen LogP contribution is -2.47. The molecule has 3 nitrogen and oxygen atoms in total. The SMILES string of the molecule is CC(C)c1cc(CNCC2CNC2)cc(OCc2ccc(Cl)cc2Br)c1. The molecule has 2 N–H and O–H groups in total. The third kappa shape index (κ3) is 5.46. The van der Waals surface area contributed by atoms with Gasteiger partial charge in [0.15, 0.2) is 0 Å². The van der Waals surface area contributed by atoms with Gasteiger partial charge in [0.05, 0.1) is 0 Å². The molecule has 1 aliphatic rings. The molecule has 5 heteroatoms. The Morgan fingerprint density at radius 3 is 2.69 bits per heavy atom. The van der Waals surface area contributed by atoms with Gasteiger partial charge in [-0.2, -0.15) is 0 Å². The normalized spacial score (nSPS) is 14.5. The van der Waals surface area contributed by atoms with Crippen molar-refractivity contribution in [1.82, 2.24) is 10.6 Å². The van der Waals surface area contributed by atoms with Crippen LogP contribution in [0.1, 0.15) is 36.5 Å². The maximum Gasteiger partial charge on any atom is 0.120 e. The molecule has 0 radical (unpaired) electrons. The standard InChI is InChI=1S/C21H26BrClN2O/c1-14(2)18-5-15(9-24-10-16-11-25-12-16)6-20(7-18)26-13-17-3-4-19(23)8-21(17)22/h3-8,14,16,24-25H,9-13H2,1-2H3. The Morgan fingerprint density at radius 2 is 2.04 bits per heavy atom. The number of ether oxygens (including phenoxy) is 1. The van der Waals surface area contributed by atoms with Gasteiger partial charge in [-0.15, -0.1) is 0 Å². The summed E-state index contributed by atoms with van der Waals surface area (Å²) in [4.78, 5) is 0. The molecular weight excluding hydrogens is 412 g/mol. The topological polar surface area (TPSA) is 33.3 Å². The molecule has 0 saturated carbocycles. The molecule has 0 unspecified atom stereocenters. The molecule has 3 rings (SSSR count). The largest absolute Gasteiger partial charge is 0.489 e. The van der Waals surface area contributed by atoms with Gasteiger partial charge in [0.2, 0.25) is 0 Å². The lowest BCUT2D eigenvalue weighted by Gasteiger charge is -2.27. The zero-order valence-electron chi connectivity index (χ0n) is 15.3. The van der Waals surface area contributed by atoms with Crippen LogP contribution in [0.15, 0.2) is 40.9 Å². The van der Waals surface area contributed by atoms with Crippen LogP contribution in [0.4, 0.5) is 0 Å². The van der Waals surface area contributed by atoms with Crippen LogP contribution in [-0.2, 0) is 13.2 Å². The predicted molar refractivity (Wildman–Crippen MR) is 112 cm³/mol. The number of rotatable bonds is 8. The van der Waals surface area contributed by atoms with E-state index in [1.807, 2.05) is 18.2 Å². The third-order valence-electron chi connectivity index (χ3n) is 4.69. The average Bonchev–Trinajstić information content (AvgIpc) is 2.56. The Morgan fingerprint density at radius 1 is 1.23 bits per heavy atom. The highest BCUT2D eigenvalue weighted by molar-refractivity contribution is 9.10. The number of halogens is 2. The highest BCUT2D eigenvalue weighted by Gasteiger charge is 2.15. The Hall–Kier alpha value is -1.07. The second-order valence-electron chi connectivity index (χ2n) is 7.24. The average molecular weight is 438 g/mol. The molecule has 2 aromatic carbocycles. The fourth-order valence-corrected chi connectivity index (χ4v) is 3.72. The first-order valence-electron chi connectivity index (χ1n) is 9.13. The number of hydrogen-bond donors (Lipinski definition) is 2. The van der Waals surface area contributed by atoms with Crippen LogP contribution >= 0.6 is 27.5 Å². The first-order valence-corrected chi connectivity index (χ1v) is 10.3. The van der Waals surface area contributed by atoms with Gasteiger partial charge in [-0.1, -0.05) is 53.5 Å². The van der Waals surface area contributed by atoms with Crippen molar-refractivity contribution in [3.05, 3.63) is 62.6 Å². The summed E-state index contributed by atoms with van der Waals surface area (Å²) >= 11 is 9.57. The monoisotopic (exact) mass is 436 g/mol. The van der Waals surface area contributed by atoms with Crippen molar-refractivity contribution >= 4 is 27.5 Å². The van der Waals surface area contributed by atoms with Gasteiger partial charge in [-0.3, -0.25) is 0 Å². The zero-order valence-corrected chi connectivity index (χ0v) is 17.7. The minimum Gasteiger partial charge on any atom is -0.489 e. The van der Waals surface area contributed by atoms with E-state index in [4.69, 9.17) is 16.3 Å². The Balaban J connectivity index is 1.66. The number of nitrogens with one attached hydrogen (secondary N) is 2. The van der Waals surface area contributed by atoms with E-state index >= 15 is 0 Å². The van der Waals surface area contributed by atoms with Crippen molar-refractivity contribution in [2.24, 2.45) is 5.92 Å². The minimum atomic E-state index is 0.468. The maximum absolute atomic E-state index is 6.09. The second-order valence-corrected chi connectivity index (χ2v) is 8.54. The minimum absolute atomic E-state index is 0.468. The van der Waals surface area contributed by atoms with E-state index in [-0.39, 0.29) is 0 Å². The molecule has 0 amide bonds. The van der Waals surface area contributed by atoms with Crippen molar-refractivity contribution < 1.29 is 4.74 Å². The molecule has 26 heavy (non-hydrogen) atoms. The third-order valence-corrected chi connectivity index (χ3v) is 5.67. The van der Waals surface area contributed by atoms with Crippen LogP contribution in [0.3, 0.4) is 0 Å². The highest BCUT2D eigenvalue weighted by atomic mass is 79.9. The first-order chi connectivity index (χ1) is 12.5. The van der Waals surface area contributed by atoms with E-state index in [2.05, 4.69) is 58.6 Å². The Labute approximate surface area is 169 Å². The molecule has 0 spiro atoms. The molecule has 1 heterocycles. The van der Waals surface area contributed by atoms with E-state index < -0.39 is 0 Å². The molecular formula is C21H26BrClN2O. The van der Waals surface area contributed by atoms with E-state index in [1.165, 1.54) is 11.1 Å². The van der Waals surface area contributed by atoms with Gasteiger partial charge in [-0.25, -0.2) is 0 Å².